The van der Waals surface area contributed by atoms with Crippen LogP contribution in [0.1, 0.15) is 134 Å². The summed E-state index contributed by atoms with van der Waals surface area (Å²) in [6.45, 7) is 9.37. The minimum Gasteiger partial charge on any atom is -0.478 e. The van der Waals surface area contributed by atoms with Gasteiger partial charge in [-0.05, 0) is 29.6 Å². The van der Waals surface area contributed by atoms with Gasteiger partial charge in [-0.3, -0.25) is 0 Å². The summed E-state index contributed by atoms with van der Waals surface area (Å²) in [5.41, 5.74) is 0.331. The quantitative estimate of drug-likeness (QED) is 0.189. The summed E-state index contributed by atoms with van der Waals surface area (Å²) < 4.78 is 0. The Hall–Kier alpha value is -0.880. The molecule has 0 aliphatic rings. The van der Waals surface area contributed by atoms with E-state index < -0.39 is 5.97 Å². The molecule has 1 rings (SSSR count). The first-order valence-corrected chi connectivity index (χ1v) is 13.4. The summed E-state index contributed by atoms with van der Waals surface area (Å²) >= 11 is 0. The van der Waals surface area contributed by atoms with E-state index in [9.17, 15) is 4.79 Å². The van der Waals surface area contributed by atoms with Gasteiger partial charge < -0.3 is 5.11 Å². The number of carbonyl (C=O) groups is 1. The molecule has 180 valence electrons. The van der Waals surface area contributed by atoms with E-state index in [1.165, 1.54) is 96.3 Å². The lowest BCUT2D eigenvalue weighted by molar-refractivity contribution is 0.0697. The summed E-state index contributed by atoms with van der Waals surface area (Å²) in [7, 11) is 3.00. The molecule has 0 aliphatic heterocycles. The highest BCUT2D eigenvalue weighted by Gasteiger charge is 2.19. The number of unbranched alkanes of at least 4 members (excludes halogenated alkanes) is 13. The second kappa shape index (κ2) is 19.8. The van der Waals surface area contributed by atoms with Crippen molar-refractivity contribution in [3.05, 3.63) is 35.9 Å². The van der Waals surface area contributed by atoms with Gasteiger partial charge in [-0.1, -0.05) is 136 Å². The van der Waals surface area contributed by atoms with E-state index >= 15 is 0 Å². The minimum atomic E-state index is -0.879. The number of hydrogen-bond donors (Lipinski definition) is 1. The van der Waals surface area contributed by atoms with E-state index in [0.717, 1.165) is 5.92 Å². The van der Waals surface area contributed by atoms with Crippen LogP contribution >= 0.6 is 9.24 Å². The Morgan fingerprint density at radius 2 is 1.19 bits per heavy atom. The van der Waals surface area contributed by atoms with Crippen molar-refractivity contribution in [2.24, 2.45) is 5.92 Å². The molecule has 1 N–H and O–H groups in total. The highest BCUT2D eigenvalue weighted by Crippen LogP contribution is 2.30. The van der Waals surface area contributed by atoms with Crippen LogP contribution in [0.3, 0.4) is 0 Å². The molecule has 2 atom stereocenters. The molecule has 0 fully saturated rings. The average molecular weight is 451 g/mol. The van der Waals surface area contributed by atoms with Crippen LogP contribution in [-0.4, -0.2) is 16.2 Å². The number of benzene rings is 1. The zero-order valence-corrected chi connectivity index (χ0v) is 22.2. The fraction of sp³-hybridized carbons (Fsp3) is 0.750. The summed E-state index contributed by atoms with van der Waals surface area (Å²) in [6.07, 6.45) is 21.8. The van der Waals surface area contributed by atoms with Gasteiger partial charge in [0.25, 0.3) is 0 Å². The molecule has 2 nitrogen and oxygen atoms in total. The largest absolute Gasteiger partial charge is 0.478 e. The fourth-order valence-electron chi connectivity index (χ4n) is 3.60. The molecule has 31 heavy (non-hydrogen) atoms. The van der Waals surface area contributed by atoms with E-state index in [4.69, 9.17) is 5.11 Å². The van der Waals surface area contributed by atoms with Gasteiger partial charge >= 0.3 is 5.97 Å². The summed E-state index contributed by atoms with van der Waals surface area (Å²) in [5, 5.41) is 8.80. The predicted octanol–water partition coefficient (Wildman–Crippen LogP) is 9.53. The van der Waals surface area contributed by atoms with Gasteiger partial charge in [0.05, 0.1) is 5.56 Å². The van der Waals surface area contributed by atoms with E-state index in [1.54, 1.807) is 30.3 Å². The van der Waals surface area contributed by atoms with Crippen LogP contribution < -0.4 is 0 Å². The molecule has 0 radical (unpaired) electrons. The Balaban J connectivity index is 0.000000823. The number of rotatable bonds is 17. The molecule has 0 saturated carbocycles. The van der Waals surface area contributed by atoms with Gasteiger partial charge in [-0.25, -0.2) is 4.79 Å². The van der Waals surface area contributed by atoms with Crippen molar-refractivity contribution in [3.63, 3.8) is 0 Å². The Labute approximate surface area is 196 Å². The van der Waals surface area contributed by atoms with Gasteiger partial charge in [-0.15, -0.1) is 9.24 Å². The van der Waals surface area contributed by atoms with E-state index in [1.807, 2.05) is 0 Å². The minimum absolute atomic E-state index is 0.331. The Morgan fingerprint density at radius 3 is 1.52 bits per heavy atom. The van der Waals surface area contributed by atoms with E-state index in [2.05, 4.69) is 36.9 Å². The third kappa shape index (κ3) is 19.5. The van der Waals surface area contributed by atoms with Gasteiger partial charge in [0.2, 0.25) is 0 Å². The van der Waals surface area contributed by atoms with Crippen LogP contribution in [0.25, 0.3) is 0 Å². The van der Waals surface area contributed by atoms with Crippen LogP contribution in [-0.2, 0) is 0 Å². The van der Waals surface area contributed by atoms with Crippen molar-refractivity contribution >= 4 is 15.2 Å². The second-order valence-corrected chi connectivity index (χ2v) is 11.3. The molecule has 0 aliphatic carbocycles. The highest BCUT2D eigenvalue weighted by molar-refractivity contribution is 7.18. The Kier molecular flexibility index (Phi) is 19.2. The maximum Gasteiger partial charge on any atom is 0.335 e. The molecular weight excluding hydrogens is 399 g/mol. The number of hydrogen-bond acceptors (Lipinski definition) is 1. The van der Waals surface area contributed by atoms with Gasteiger partial charge in [0.1, 0.15) is 0 Å². The Bertz CT molecular complexity index is 522. The fourth-order valence-corrected chi connectivity index (χ4v) is 3.76. The smallest absolute Gasteiger partial charge is 0.335 e. The van der Waals surface area contributed by atoms with Crippen molar-refractivity contribution in [2.75, 3.05) is 0 Å². The summed E-state index contributed by atoms with van der Waals surface area (Å²) in [6, 6.07) is 8.30. The SMILES string of the molecule is CCCCCCCCCCCCCCCCC(C)C(C)(C)P.O=C(O)c1ccccc1. The number of carboxylic acid groups (broad SMARTS) is 1. The summed E-state index contributed by atoms with van der Waals surface area (Å²) in [4.78, 5) is 10.2. The molecule has 1 aromatic rings. The first-order valence-electron chi connectivity index (χ1n) is 12.9. The molecule has 0 bridgehead atoms. The molecule has 0 heterocycles. The van der Waals surface area contributed by atoms with Gasteiger partial charge in [-0.2, -0.15) is 0 Å². The van der Waals surface area contributed by atoms with Crippen molar-refractivity contribution in [1.82, 2.24) is 0 Å². The molecule has 0 amide bonds. The summed E-state index contributed by atoms with van der Waals surface area (Å²) in [5.74, 6) is -0.0505. The lowest BCUT2D eigenvalue weighted by Gasteiger charge is -2.26. The van der Waals surface area contributed by atoms with Gasteiger partial charge in [0.15, 0.2) is 0 Å². The van der Waals surface area contributed by atoms with Crippen LogP contribution in [0.2, 0.25) is 0 Å². The Morgan fingerprint density at radius 1 is 0.806 bits per heavy atom. The first-order chi connectivity index (χ1) is 14.8. The zero-order valence-electron chi connectivity index (χ0n) is 21.0. The van der Waals surface area contributed by atoms with Crippen molar-refractivity contribution < 1.29 is 9.90 Å². The van der Waals surface area contributed by atoms with Gasteiger partial charge in [0, 0.05) is 0 Å². The predicted molar refractivity (Wildman–Crippen MR) is 141 cm³/mol. The average Bonchev–Trinajstić information content (AvgIpc) is 2.74. The highest BCUT2D eigenvalue weighted by atomic mass is 31.0. The first kappa shape index (κ1) is 30.1. The van der Waals surface area contributed by atoms with Crippen LogP contribution in [0, 0.1) is 5.92 Å². The van der Waals surface area contributed by atoms with Crippen LogP contribution in [0.15, 0.2) is 30.3 Å². The molecule has 0 aromatic heterocycles. The third-order valence-electron chi connectivity index (χ3n) is 6.28. The second-order valence-electron chi connectivity index (χ2n) is 9.78. The maximum atomic E-state index is 10.2. The van der Waals surface area contributed by atoms with Crippen molar-refractivity contribution in [3.8, 4) is 0 Å². The molecule has 0 saturated heterocycles. The molecular formula is C28H51O2P. The lowest BCUT2D eigenvalue weighted by atomic mass is 9.91. The van der Waals surface area contributed by atoms with Crippen molar-refractivity contribution in [1.29, 1.82) is 0 Å². The standard InChI is InChI=1S/C21H45P.C7H6O2/c1-5-6-7-8-9-10-11-12-13-14-15-16-17-18-19-20(2)21(3,4)22;8-7(9)6-4-2-1-3-5-6/h20H,5-19,22H2,1-4H3;1-5H,(H,8,9). The zero-order chi connectivity index (χ0) is 23.4. The van der Waals surface area contributed by atoms with E-state index in [-0.39, 0.29) is 0 Å². The number of carboxylic acids is 1. The lowest BCUT2D eigenvalue weighted by Crippen LogP contribution is -2.20. The molecule has 0 spiro atoms. The molecule has 1 aromatic carbocycles. The monoisotopic (exact) mass is 450 g/mol. The molecule has 3 heteroatoms. The normalized spacial score (nSPS) is 12.2. The third-order valence-corrected chi connectivity index (χ3v) is 6.85. The van der Waals surface area contributed by atoms with Crippen LogP contribution in [0.5, 0.6) is 0 Å². The topological polar surface area (TPSA) is 37.3 Å². The molecule has 2 unspecified atom stereocenters. The van der Waals surface area contributed by atoms with E-state index in [0.29, 0.717) is 10.7 Å². The van der Waals surface area contributed by atoms with Crippen LogP contribution in [0.4, 0.5) is 0 Å². The van der Waals surface area contributed by atoms with Crippen molar-refractivity contribution in [2.45, 2.75) is 129 Å². The maximum absolute atomic E-state index is 10.2. The number of aromatic carboxylic acids is 1.